The highest BCUT2D eigenvalue weighted by atomic mass is 16.5. The first-order chi connectivity index (χ1) is 25.9. The van der Waals surface area contributed by atoms with Crippen molar-refractivity contribution in [2.75, 3.05) is 52.5 Å². The molecule has 8 rings (SSSR count). The van der Waals surface area contributed by atoms with E-state index in [9.17, 15) is 19.5 Å². The van der Waals surface area contributed by atoms with E-state index in [4.69, 9.17) is 9.47 Å². The van der Waals surface area contributed by atoms with Crippen molar-refractivity contribution in [3.63, 3.8) is 0 Å². The van der Waals surface area contributed by atoms with Crippen molar-refractivity contribution in [3.05, 3.63) is 124 Å². The van der Waals surface area contributed by atoms with Crippen LogP contribution >= 0.6 is 0 Å². The Labute approximate surface area is 310 Å². The van der Waals surface area contributed by atoms with Gasteiger partial charge in [-0.3, -0.25) is 29.5 Å². The number of piperazine rings is 1. The highest BCUT2D eigenvalue weighted by molar-refractivity contribution is 6.05. The van der Waals surface area contributed by atoms with Crippen LogP contribution in [-0.2, 0) is 22.6 Å². The standard InChI is InChI=1S/C43H46N4O6/c48-33-9-14-37-31(26-33)8-13-36(29-4-2-1-3-5-29)41(37)30-6-10-34(11-7-30)52-24-22-45-18-20-46(21-19-45)23-25-53-35-12-15-38-32(27-35)28-47(43(38)51)39-16-17-40(49)44-42(39)50/h1-7,9-12,14-15,26-27,36,39,41,48H,8,13,16-25,28H2,(H,44,49,50)/t36-,39+,41+/m1/s1. The van der Waals surface area contributed by atoms with E-state index in [1.165, 1.54) is 22.3 Å². The predicted molar refractivity (Wildman–Crippen MR) is 200 cm³/mol. The van der Waals surface area contributed by atoms with Crippen LogP contribution in [0.4, 0.5) is 0 Å². The molecule has 2 saturated heterocycles. The van der Waals surface area contributed by atoms with Gasteiger partial charge in [-0.25, -0.2) is 0 Å². The minimum absolute atomic E-state index is 0.177. The van der Waals surface area contributed by atoms with Crippen molar-refractivity contribution in [1.82, 2.24) is 20.0 Å². The van der Waals surface area contributed by atoms with Gasteiger partial charge in [-0.15, -0.1) is 0 Å². The molecule has 3 amide bonds. The van der Waals surface area contributed by atoms with Gasteiger partial charge in [0.15, 0.2) is 0 Å². The van der Waals surface area contributed by atoms with E-state index in [-0.39, 0.29) is 24.2 Å². The van der Waals surface area contributed by atoms with Crippen LogP contribution in [0.3, 0.4) is 0 Å². The Bertz CT molecular complexity index is 1960. The molecule has 0 unspecified atom stereocenters. The monoisotopic (exact) mass is 714 g/mol. The number of phenolic OH excluding ortho intramolecular Hbond substituents is 1. The largest absolute Gasteiger partial charge is 0.508 e. The average molecular weight is 715 g/mol. The van der Waals surface area contributed by atoms with Gasteiger partial charge in [-0.1, -0.05) is 48.5 Å². The summed E-state index contributed by atoms with van der Waals surface area (Å²) in [5.74, 6) is 1.64. The van der Waals surface area contributed by atoms with Crippen LogP contribution in [0.15, 0.2) is 91.0 Å². The number of rotatable bonds is 11. The number of phenols is 1. The number of hydrogen-bond donors (Lipinski definition) is 2. The number of nitrogens with one attached hydrogen (secondary N) is 1. The van der Waals surface area contributed by atoms with Crippen molar-refractivity contribution < 1.29 is 29.0 Å². The quantitative estimate of drug-likeness (QED) is 0.207. The molecule has 10 heteroatoms. The maximum Gasteiger partial charge on any atom is 0.255 e. The first-order valence-corrected chi connectivity index (χ1v) is 18.8. The number of hydrogen-bond acceptors (Lipinski definition) is 8. The number of nitrogens with zero attached hydrogens (tertiary/aromatic N) is 3. The molecule has 3 heterocycles. The van der Waals surface area contributed by atoms with Crippen molar-refractivity contribution >= 4 is 17.7 Å². The van der Waals surface area contributed by atoms with Crippen LogP contribution in [0.5, 0.6) is 17.2 Å². The summed E-state index contributed by atoms with van der Waals surface area (Å²) in [6.45, 7) is 7.05. The second-order valence-electron chi connectivity index (χ2n) is 14.6. The molecular formula is C43H46N4O6. The zero-order valence-corrected chi connectivity index (χ0v) is 29.9. The molecule has 0 bridgehead atoms. The Morgan fingerprint density at radius 2 is 1.40 bits per heavy atom. The number of aryl methyl sites for hydroxylation is 1. The zero-order valence-electron chi connectivity index (χ0n) is 29.9. The molecule has 53 heavy (non-hydrogen) atoms. The Morgan fingerprint density at radius 3 is 2.11 bits per heavy atom. The maximum absolute atomic E-state index is 13.0. The molecule has 2 fully saturated rings. The second-order valence-corrected chi connectivity index (χ2v) is 14.6. The van der Waals surface area contributed by atoms with E-state index in [0.29, 0.717) is 49.2 Å². The SMILES string of the molecule is O=C1CC[C@H](N2Cc3cc(OCCN4CCN(CCOc5ccc([C@@H]6c7ccc(O)cc7CC[C@@H]6c6ccccc6)cc5)CC4)ccc3C2=O)C(=O)N1. The topological polar surface area (TPSA) is 112 Å². The zero-order chi connectivity index (χ0) is 36.3. The minimum Gasteiger partial charge on any atom is -0.508 e. The van der Waals surface area contributed by atoms with E-state index in [1.54, 1.807) is 11.0 Å². The molecule has 0 radical (unpaired) electrons. The summed E-state index contributed by atoms with van der Waals surface area (Å²) in [7, 11) is 0. The summed E-state index contributed by atoms with van der Waals surface area (Å²) in [6.07, 6.45) is 2.58. The molecule has 274 valence electrons. The predicted octanol–water partition coefficient (Wildman–Crippen LogP) is 5.09. The highest BCUT2D eigenvalue weighted by Crippen LogP contribution is 2.47. The average Bonchev–Trinajstić information content (AvgIpc) is 3.50. The Balaban J connectivity index is 0.778. The van der Waals surface area contributed by atoms with Crippen LogP contribution in [-0.4, -0.2) is 96.1 Å². The van der Waals surface area contributed by atoms with Gasteiger partial charge >= 0.3 is 0 Å². The van der Waals surface area contributed by atoms with Crippen LogP contribution in [0.2, 0.25) is 0 Å². The third-order valence-corrected chi connectivity index (χ3v) is 11.4. The van der Waals surface area contributed by atoms with Crippen molar-refractivity contribution in [3.8, 4) is 17.2 Å². The van der Waals surface area contributed by atoms with E-state index in [2.05, 4.69) is 75.8 Å². The van der Waals surface area contributed by atoms with Crippen LogP contribution < -0.4 is 14.8 Å². The number of benzene rings is 4. The van der Waals surface area contributed by atoms with Crippen LogP contribution in [0.1, 0.15) is 69.3 Å². The lowest BCUT2D eigenvalue weighted by Crippen LogP contribution is -2.52. The van der Waals surface area contributed by atoms with E-state index in [0.717, 1.165) is 63.4 Å². The number of piperidine rings is 1. The number of ether oxygens (including phenoxy) is 2. The minimum atomic E-state index is -0.620. The van der Waals surface area contributed by atoms with Gasteiger partial charge in [0.1, 0.15) is 36.5 Å². The third kappa shape index (κ3) is 7.65. The number of fused-ring (bicyclic) bond motifs is 2. The normalized spacial score (nSPS) is 21.9. The summed E-state index contributed by atoms with van der Waals surface area (Å²) in [6, 6.07) is 30.1. The first kappa shape index (κ1) is 34.9. The summed E-state index contributed by atoms with van der Waals surface area (Å²) in [5, 5.41) is 12.5. The lowest BCUT2D eigenvalue weighted by molar-refractivity contribution is -0.136. The van der Waals surface area contributed by atoms with Crippen LogP contribution in [0, 0.1) is 0 Å². The Morgan fingerprint density at radius 1 is 0.698 bits per heavy atom. The first-order valence-electron chi connectivity index (χ1n) is 18.8. The summed E-state index contributed by atoms with van der Waals surface area (Å²) >= 11 is 0. The molecular weight excluding hydrogens is 668 g/mol. The molecule has 2 N–H and O–H groups in total. The fraction of sp³-hybridized carbons (Fsp3) is 0.372. The molecule has 10 nitrogen and oxygen atoms in total. The number of carbonyl (C=O) groups excluding carboxylic acids is 3. The Hall–Kier alpha value is -5.19. The smallest absolute Gasteiger partial charge is 0.255 e. The van der Waals surface area contributed by atoms with Gasteiger partial charge in [0.25, 0.3) is 5.91 Å². The van der Waals surface area contributed by atoms with E-state index < -0.39 is 11.9 Å². The molecule has 0 aromatic heterocycles. The molecule has 0 spiro atoms. The van der Waals surface area contributed by atoms with Gasteiger partial charge in [-0.05, 0) is 95.5 Å². The summed E-state index contributed by atoms with van der Waals surface area (Å²) < 4.78 is 12.3. The third-order valence-electron chi connectivity index (χ3n) is 11.4. The fourth-order valence-corrected chi connectivity index (χ4v) is 8.51. The van der Waals surface area contributed by atoms with Gasteiger partial charge < -0.3 is 19.5 Å². The van der Waals surface area contributed by atoms with E-state index >= 15 is 0 Å². The molecule has 3 atom stereocenters. The van der Waals surface area contributed by atoms with Crippen molar-refractivity contribution in [2.45, 2.75) is 50.1 Å². The number of carbonyl (C=O) groups is 3. The maximum atomic E-state index is 13.0. The van der Waals surface area contributed by atoms with Crippen LogP contribution in [0.25, 0.3) is 0 Å². The van der Waals surface area contributed by atoms with Gasteiger partial charge in [0, 0.05) is 63.7 Å². The molecule has 3 aliphatic heterocycles. The lowest BCUT2D eigenvalue weighted by Gasteiger charge is -2.35. The number of amides is 3. The van der Waals surface area contributed by atoms with Crippen molar-refractivity contribution in [2.24, 2.45) is 0 Å². The van der Waals surface area contributed by atoms with Gasteiger partial charge in [0.2, 0.25) is 11.8 Å². The van der Waals surface area contributed by atoms with Crippen molar-refractivity contribution in [1.29, 1.82) is 0 Å². The molecule has 4 aromatic rings. The van der Waals surface area contributed by atoms with Gasteiger partial charge in [-0.2, -0.15) is 0 Å². The lowest BCUT2D eigenvalue weighted by atomic mass is 9.69. The molecule has 4 aliphatic rings. The number of imide groups is 1. The van der Waals surface area contributed by atoms with E-state index in [1.807, 2.05) is 24.3 Å². The Kier molecular flexibility index (Phi) is 10.1. The molecule has 1 aliphatic carbocycles. The molecule has 4 aromatic carbocycles. The van der Waals surface area contributed by atoms with Gasteiger partial charge in [0.05, 0.1) is 0 Å². The molecule has 0 saturated carbocycles. The highest BCUT2D eigenvalue weighted by Gasteiger charge is 2.39. The number of aromatic hydroxyl groups is 1. The fourth-order valence-electron chi connectivity index (χ4n) is 8.51. The summed E-state index contributed by atoms with van der Waals surface area (Å²) in [4.78, 5) is 43.3. The summed E-state index contributed by atoms with van der Waals surface area (Å²) in [5.41, 5.74) is 6.57. The second kappa shape index (κ2) is 15.4.